The second kappa shape index (κ2) is 8.93. The Balaban J connectivity index is 1.96. The fourth-order valence-corrected chi connectivity index (χ4v) is 4.99. The molecule has 146 valence electrons. The number of aliphatic hydroxyl groups excluding tert-OH is 1. The van der Waals surface area contributed by atoms with Crippen molar-refractivity contribution in [3.8, 4) is 0 Å². The van der Waals surface area contributed by atoms with Crippen LogP contribution < -0.4 is 10.2 Å². The molecule has 0 unspecified atom stereocenters. The maximum absolute atomic E-state index is 13.9. The van der Waals surface area contributed by atoms with Crippen molar-refractivity contribution in [1.29, 1.82) is 0 Å². The van der Waals surface area contributed by atoms with Gasteiger partial charge in [-0.05, 0) is 47.5 Å². The third kappa shape index (κ3) is 4.65. The SMILES string of the molecule is CN(C)c1ccc([P@@](=O)(OCc2ccccc2)[C@@H](O)c2ccc(Cl)cc2)cc1. The minimum atomic E-state index is -3.62. The molecule has 3 rings (SSSR count). The fourth-order valence-electron chi connectivity index (χ4n) is 2.82. The standard InChI is InChI=1S/C22H23ClNO3P/c1-24(2)20-12-14-21(15-13-20)28(26,27-16-17-6-4-3-5-7-17)22(25)18-8-10-19(23)11-9-18/h3-15,22,25H,16H2,1-2H3/t22-,28-/m1/s1. The summed E-state index contributed by atoms with van der Waals surface area (Å²) in [4.78, 5) is 1.95. The molecule has 0 amide bonds. The Morgan fingerprint density at radius 3 is 2.14 bits per heavy atom. The highest BCUT2D eigenvalue weighted by Gasteiger charge is 2.36. The van der Waals surface area contributed by atoms with Gasteiger partial charge < -0.3 is 14.5 Å². The van der Waals surface area contributed by atoms with Crippen LogP contribution in [0.3, 0.4) is 0 Å². The largest absolute Gasteiger partial charge is 0.378 e. The first-order valence-electron chi connectivity index (χ1n) is 8.90. The van der Waals surface area contributed by atoms with Gasteiger partial charge in [-0.1, -0.05) is 54.1 Å². The number of nitrogens with zero attached hydrogens (tertiary/aromatic N) is 1. The third-order valence-corrected chi connectivity index (χ3v) is 7.21. The van der Waals surface area contributed by atoms with E-state index in [0.717, 1.165) is 11.3 Å². The molecule has 0 heterocycles. The van der Waals surface area contributed by atoms with Crippen LogP contribution in [-0.4, -0.2) is 19.2 Å². The summed E-state index contributed by atoms with van der Waals surface area (Å²) in [5.41, 5.74) is 2.35. The van der Waals surface area contributed by atoms with Crippen molar-refractivity contribution >= 4 is 30.0 Å². The Kier molecular flexibility index (Phi) is 6.58. The Bertz CT molecular complexity index is 944. The van der Waals surface area contributed by atoms with Crippen LogP contribution in [0.4, 0.5) is 5.69 Å². The van der Waals surface area contributed by atoms with Gasteiger partial charge in [-0.25, -0.2) is 0 Å². The van der Waals surface area contributed by atoms with E-state index in [1.54, 1.807) is 36.4 Å². The monoisotopic (exact) mass is 415 g/mol. The van der Waals surface area contributed by atoms with Crippen LogP contribution in [0.1, 0.15) is 17.0 Å². The lowest BCUT2D eigenvalue weighted by Crippen LogP contribution is -2.16. The van der Waals surface area contributed by atoms with Crippen LogP contribution in [0.25, 0.3) is 0 Å². The molecule has 28 heavy (non-hydrogen) atoms. The highest BCUT2D eigenvalue weighted by molar-refractivity contribution is 7.67. The summed E-state index contributed by atoms with van der Waals surface area (Å²) in [5, 5.41) is 12.0. The van der Waals surface area contributed by atoms with Gasteiger partial charge in [-0.15, -0.1) is 0 Å². The van der Waals surface area contributed by atoms with Crippen LogP contribution >= 0.6 is 19.0 Å². The van der Waals surface area contributed by atoms with Crippen molar-refractivity contribution in [2.24, 2.45) is 0 Å². The van der Waals surface area contributed by atoms with Crippen molar-refractivity contribution in [2.45, 2.75) is 12.5 Å². The molecular formula is C22H23ClNO3P. The highest BCUT2D eigenvalue weighted by atomic mass is 35.5. The maximum atomic E-state index is 13.9. The number of anilines is 1. The van der Waals surface area contributed by atoms with Crippen molar-refractivity contribution in [3.05, 3.63) is 95.0 Å². The van der Waals surface area contributed by atoms with E-state index in [2.05, 4.69) is 0 Å². The van der Waals surface area contributed by atoms with E-state index in [1.807, 2.05) is 61.5 Å². The van der Waals surface area contributed by atoms with Gasteiger partial charge in [0, 0.05) is 30.1 Å². The highest BCUT2D eigenvalue weighted by Crippen LogP contribution is 2.58. The van der Waals surface area contributed by atoms with Crippen LogP contribution in [-0.2, 0) is 15.7 Å². The molecule has 4 nitrogen and oxygen atoms in total. The Hall–Kier alpha value is -2.10. The van der Waals surface area contributed by atoms with Gasteiger partial charge in [-0.3, -0.25) is 4.57 Å². The minimum Gasteiger partial charge on any atom is -0.378 e. The Morgan fingerprint density at radius 2 is 1.57 bits per heavy atom. The number of benzene rings is 3. The van der Waals surface area contributed by atoms with E-state index in [9.17, 15) is 9.67 Å². The number of aliphatic hydroxyl groups is 1. The van der Waals surface area contributed by atoms with Crippen molar-refractivity contribution in [1.82, 2.24) is 0 Å². The minimum absolute atomic E-state index is 0.137. The van der Waals surface area contributed by atoms with Gasteiger partial charge in [0.25, 0.3) is 7.37 Å². The molecule has 0 aromatic heterocycles. The lowest BCUT2D eigenvalue weighted by molar-refractivity contribution is 0.210. The lowest BCUT2D eigenvalue weighted by Gasteiger charge is -2.25. The van der Waals surface area contributed by atoms with Crippen molar-refractivity contribution in [2.75, 3.05) is 19.0 Å². The lowest BCUT2D eigenvalue weighted by atomic mass is 10.2. The van der Waals surface area contributed by atoms with E-state index >= 15 is 0 Å². The van der Waals surface area contributed by atoms with Crippen LogP contribution in [0, 0.1) is 0 Å². The Labute approximate surface area is 170 Å². The molecule has 0 saturated heterocycles. The number of hydrogen-bond donors (Lipinski definition) is 1. The second-order valence-electron chi connectivity index (χ2n) is 6.69. The zero-order chi connectivity index (χ0) is 20.1. The molecular weight excluding hydrogens is 393 g/mol. The van der Waals surface area contributed by atoms with Gasteiger partial charge in [0.1, 0.15) is 0 Å². The number of rotatable bonds is 7. The predicted molar refractivity (Wildman–Crippen MR) is 116 cm³/mol. The normalized spacial score (nSPS) is 14.3. The predicted octanol–water partition coefficient (Wildman–Crippen LogP) is 5.22. The van der Waals surface area contributed by atoms with Crippen molar-refractivity contribution < 1.29 is 14.2 Å². The number of hydrogen-bond acceptors (Lipinski definition) is 4. The van der Waals surface area contributed by atoms with Crippen LogP contribution in [0.5, 0.6) is 0 Å². The first kappa shape index (κ1) is 20.6. The molecule has 0 saturated carbocycles. The fraction of sp³-hybridized carbons (Fsp3) is 0.182. The maximum Gasteiger partial charge on any atom is 0.264 e. The molecule has 0 radical (unpaired) electrons. The van der Waals surface area contributed by atoms with Gasteiger partial charge in [0.2, 0.25) is 0 Å². The number of halogens is 1. The zero-order valence-electron chi connectivity index (χ0n) is 15.8. The van der Waals surface area contributed by atoms with Crippen LogP contribution in [0.15, 0.2) is 78.9 Å². The molecule has 0 aliphatic heterocycles. The van der Waals surface area contributed by atoms with E-state index < -0.39 is 13.2 Å². The van der Waals surface area contributed by atoms with E-state index in [-0.39, 0.29) is 6.61 Å². The Morgan fingerprint density at radius 1 is 0.964 bits per heavy atom. The molecule has 3 aromatic carbocycles. The smallest absolute Gasteiger partial charge is 0.264 e. The topological polar surface area (TPSA) is 49.8 Å². The van der Waals surface area contributed by atoms with E-state index in [0.29, 0.717) is 15.9 Å². The van der Waals surface area contributed by atoms with Gasteiger partial charge >= 0.3 is 0 Å². The summed E-state index contributed by atoms with van der Waals surface area (Å²) < 4.78 is 19.8. The first-order valence-corrected chi connectivity index (χ1v) is 11.0. The molecule has 2 atom stereocenters. The average Bonchev–Trinajstić information content (AvgIpc) is 2.73. The summed E-state index contributed by atoms with van der Waals surface area (Å²) in [6, 6.07) is 23.4. The van der Waals surface area contributed by atoms with Gasteiger partial charge in [-0.2, -0.15) is 0 Å². The summed E-state index contributed by atoms with van der Waals surface area (Å²) >= 11 is 5.95. The summed E-state index contributed by atoms with van der Waals surface area (Å²) in [6.07, 6.45) is 0. The van der Waals surface area contributed by atoms with Crippen molar-refractivity contribution in [3.63, 3.8) is 0 Å². The van der Waals surface area contributed by atoms with E-state index in [1.165, 1.54) is 0 Å². The molecule has 3 aromatic rings. The molecule has 0 bridgehead atoms. The summed E-state index contributed by atoms with van der Waals surface area (Å²) in [7, 11) is 0.246. The quantitative estimate of drug-likeness (QED) is 0.538. The summed E-state index contributed by atoms with van der Waals surface area (Å²) in [5.74, 6) is -1.29. The molecule has 0 aliphatic rings. The second-order valence-corrected chi connectivity index (χ2v) is 9.59. The molecule has 0 aliphatic carbocycles. The molecule has 1 N–H and O–H groups in total. The van der Waals surface area contributed by atoms with E-state index in [4.69, 9.17) is 16.1 Å². The molecule has 0 spiro atoms. The third-order valence-electron chi connectivity index (χ3n) is 4.48. The van der Waals surface area contributed by atoms with Gasteiger partial charge in [0.05, 0.1) is 6.61 Å². The molecule has 0 fully saturated rings. The zero-order valence-corrected chi connectivity index (χ0v) is 17.5. The average molecular weight is 416 g/mol. The molecule has 6 heteroatoms. The van der Waals surface area contributed by atoms with Gasteiger partial charge in [0.15, 0.2) is 5.85 Å². The first-order chi connectivity index (χ1) is 13.4. The summed E-state index contributed by atoms with van der Waals surface area (Å²) in [6.45, 7) is 0.137. The van der Waals surface area contributed by atoms with Crippen LogP contribution in [0.2, 0.25) is 5.02 Å².